The number of methoxy groups -OCH3 is 2. The van der Waals surface area contributed by atoms with Gasteiger partial charge in [0.05, 0.1) is 33.4 Å². The topological polar surface area (TPSA) is 121 Å². The number of nitrogens with zero attached hydrogens (tertiary/aromatic N) is 2. The summed E-state index contributed by atoms with van der Waals surface area (Å²) < 4.78 is 29.0. The third kappa shape index (κ3) is 7.68. The molecule has 10 nitrogen and oxygen atoms in total. The molecule has 0 saturated heterocycles. The quantitative estimate of drug-likeness (QED) is 0.202. The van der Waals surface area contributed by atoms with Gasteiger partial charge in [0, 0.05) is 40.4 Å². The minimum atomic E-state index is -1.05. The highest BCUT2D eigenvalue weighted by Crippen LogP contribution is 2.45. The first-order chi connectivity index (χ1) is 20.6. The van der Waals surface area contributed by atoms with Gasteiger partial charge in [-0.15, -0.1) is 0 Å². The molecule has 0 radical (unpaired) electrons. The molecule has 0 bridgehead atoms. The number of para-hydroxylation sites is 1. The number of hydrogen-bond acceptors (Lipinski definition) is 9. The third-order valence-corrected chi connectivity index (χ3v) is 7.41. The Bertz CT molecular complexity index is 1420. The first kappa shape index (κ1) is 32.3. The maximum atomic E-state index is 14.3. The molecule has 1 aliphatic heterocycles. The Morgan fingerprint density at radius 3 is 2.65 bits per heavy atom. The van der Waals surface area contributed by atoms with Crippen LogP contribution in [-0.2, 0) is 31.9 Å². The van der Waals surface area contributed by atoms with Crippen LogP contribution in [0.2, 0.25) is 5.02 Å². The van der Waals surface area contributed by atoms with Crippen LogP contribution in [0.1, 0.15) is 62.5 Å². The van der Waals surface area contributed by atoms with E-state index in [4.69, 9.17) is 35.0 Å². The van der Waals surface area contributed by atoms with Crippen molar-refractivity contribution in [2.75, 3.05) is 38.9 Å². The smallest absolute Gasteiger partial charge is 0.313 e. The van der Waals surface area contributed by atoms with Gasteiger partial charge in [-0.05, 0) is 30.7 Å². The van der Waals surface area contributed by atoms with E-state index in [1.165, 1.54) is 13.3 Å². The average Bonchev–Trinajstić information content (AvgIpc) is 3.39. The minimum Gasteiger partial charge on any atom is -0.493 e. The van der Waals surface area contributed by atoms with Gasteiger partial charge in [0.25, 0.3) is 5.91 Å². The predicted octanol–water partition coefficient (Wildman–Crippen LogP) is 5.31. The molecule has 1 amide bonds. The summed E-state index contributed by atoms with van der Waals surface area (Å²) in [4.78, 5) is 32.4. The van der Waals surface area contributed by atoms with E-state index in [1.54, 1.807) is 36.3 Å². The Labute approximate surface area is 256 Å². The van der Waals surface area contributed by atoms with Gasteiger partial charge in [0.1, 0.15) is 24.4 Å². The monoisotopic (exact) mass is 614 g/mol. The number of aliphatic hydroxyl groups excluding tert-OH is 1. The summed E-state index contributed by atoms with van der Waals surface area (Å²) in [6.45, 7) is 6.18. The molecule has 232 valence electrons. The summed E-state index contributed by atoms with van der Waals surface area (Å²) in [5.41, 5.74) is 1.25. The van der Waals surface area contributed by atoms with Gasteiger partial charge in [-0.25, -0.2) is 4.98 Å². The number of aliphatic hydroxyl groups is 1. The lowest BCUT2D eigenvalue weighted by molar-refractivity contribution is -0.143. The Morgan fingerprint density at radius 2 is 1.95 bits per heavy atom. The van der Waals surface area contributed by atoms with Crippen molar-refractivity contribution >= 4 is 29.2 Å². The second-order valence-electron chi connectivity index (χ2n) is 11.2. The SMILES string of the molecule is CCCCOC(=O)Cc1cnc(C[C@H]2O[C@H](c3cccc(OC)c3OC)c3cc(Cl)ccc3N(CC(C)(C)CO)C2=O)o1. The fraction of sp³-hybridized carbons (Fsp3) is 0.469. The van der Waals surface area contributed by atoms with Gasteiger partial charge in [0.15, 0.2) is 17.4 Å². The number of esters is 1. The summed E-state index contributed by atoms with van der Waals surface area (Å²) in [6.07, 6.45) is 1.24. The van der Waals surface area contributed by atoms with E-state index in [9.17, 15) is 14.7 Å². The molecule has 0 spiro atoms. The predicted molar refractivity (Wildman–Crippen MR) is 161 cm³/mol. The second kappa shape index (κ2) is 14.2. The van der Waals surface area contributed by atoms with E-state index in [0.29, 0.717) is 45.7 Å². The van der Waals surface area contributed by atoms with Crippen molar-refractivity contribution in [1.82, 2.24) is 4.98 Å². The van der Waals surface area contributed by atoms with Gasteiger partial charge in [0.2, 0.25) is 0 Å². The molecular weight excluding hydrogens is 576 g/mol. The number of halogens is 1. The van der Waals surface area contributed by atoms with Crippen molar-refractivity contribution in [2.45, 2.75) is 58.7 Å². The Balaban J connectivity index is 1.75. The molecule has 2 aromatic carbocycles. The summed E-state index contributed by atoms with van der Waals surface area (Å²) in [7, 11) is 3.09. The van der Waals surface area contributed by atoms with Crippen LogP contribution in [-0.4, -0.2) is 62.0 Å². The normalized spacial score (nSPS) is 16.9. The maximum Gasteiger partial charge on any atom is 0.313 e. The zero-order chi connectivity index (χ0) is 31.1. The number of amides is 1. The summed E-state index contributed by atoms with van der Waals surface area (Å²) in [5.74, 6) is 0.770. The van der Waals surface area contributed by atoms with Crippen molar-refractivity contribution in [1.29, 1.82) is 0 Å². The number of unbranched alkanes of at least 4 members (excludes halogenated alkanes) is 1. The number of carbonyl (C=O) groups excluding carboxylic acids is 2. The van der Waals surface area contributed by atoms with Crippen LogP contribution in [0.25, 0.3) is 0 Å². The Morgan fingerprint density at radius 1 is 1.16 bits per heavy atom. The van der Waals surface area contributed by atoms with E-state index in [1.807, 2.05) is 32.9 Å². The van der Waals surface area contributed by atoms with Gasteiger partial charge in [-0.1, -0.05) is 50.9 Å². The lowest BCUT2D eigenvalue weighted by atomic mass is 9.92. The molecule has 0 saturated carbocycles. The van der Waals surface area contributed by atoms with Crippen LogP contribution in [0.15, 0.2) is 47.0 Å². The number of oxazole rings is 1. The number of ether oxygens (including phenoxy) is 4. The largest absolute Gasteiger partial charge is 0.493 e. The highest BCUT2D eigenvalue weighted by Gasteiger charge is 2.40. The van der Waals surface area contributed by atoms with Crippen LogP contribution in [0, 0.1) is 5.41 Å². The minimum absolute atomic E-state index is 0.00965. The molecule has 11 heteroatoms. The average molecular weight is 615 g/mol. The number of aromatic nitrogens is 1. The molecule has 43 heavy (non-hydrogen) atoms. The lowest BCUT2D eigenvalue weighted by Gasteiger charge is -2.32. The van der Waals surface area contributed by atoms with Gasteiger partial charge in [-0.2, -0.15) is 0 Å². The first-order valence-electron chi connectivity index (χ1n) is 14.3. The highest BCUT2D eigenvalue weighted by molar-refractivity contribution is 6.30. The molecule has 1 aromatic heterocycles. The van der Waals surface area contributed by atoms with Gasteiger partial charge in [-0.3, -0.25) is 9.59 Å². The number of hydrogen-bond donors (Lipinski definition) is 1. The second-order valence-corrected chi connectivity index (χ2v) is 11.6. The van der Waals surface area contributed by atoms with Crippen LogP contribution in [0.5, 0.6) is 11.5 Å². The highest BCUT2D eigenvalue weighted by atomic mass is 35.5. The van der Waals surface area contributed by atoms with Crippen molar-refractivity contribution in [3.63, 3.8) is 0 Å². The van der Waals surface area contributed by atoms with Crippen LogP contribution in [0.3, 0.4) is 0 Å². The molecular formula is C32H39ClN2O8. The molecule has 1 N–H and O–H groups in total. The Hall–Kier alpha value is -3.60. The fourth-order valence-corrected chi connectivity index (χ4v) is 5.09. The molecule has 1 aliphatic rings. The van der Waals surface area contributed by atoms with Gasteiger partial charge >= 0.3 is 5.97 Å². The lowest BCUT2D eigenvalue weighted by Crippen LogP contribution is -2.46. The standard InChI is InChI=1S/C32H39ClN2O8/c1-6-7-13-41-28(37)15-21-17-34-27(42-21)16-26-31(38)35(18-32(2,3)19-36)24-12-11-20(33)14-23(24)29(43-26)22-9-8-10-25(39-4)30(22)40-5/h8-12,14,17,26,29,36H,6-7,13,15-16,18-19H2,1-5H3/t26-,29-/m1/s1. The number of fused-ring (bicyclic) bond motifs is 1. The molecule has 4 rings (SSSR count). The van der Waals surface area contributed by atoms with Crippen molar-refractivity contribution in [3.05, 3.63) is 70.4 Å². The van der Waals surface area contributed by atoms with Crippen LogP contribution >= 0.6 is 11.6 Å². The van der Waals surface area contributed by atoms with Crippen molar-refractivity contribution in [2.24, 2.45) is 5.41 Å². The number of benzene rings is 2. The Kier molecular flexibility index (Phi) is 10.7. The van der Waals surface area contributed by atoms with Crippen molar-refractivity contribution in [3.8, 4) is 11.5 Å². The van der Waals surface area contributed by atoms with E-state index in [0.717, 1.165) is 12.8 Å². The van der Waals surface area contributed by atoms with E-state index in [-0.39, 0.29) is 37.8 Å². The zero-order valence-electron chi connectivity index (χ0n) is 25.2. The van der Waals surface area contributed by atoms with Crippen molar-refractivity contribution < 1.29 is 38.1 Å². The summed E-state index contributed by atoms with van der Waals surface area (Å²) >= 11 is 6.49. The summed E-state index contributed by atoms with van der Waals surface area (Å²) in [5, 5.41) is 10.6. The summed E-state index contributed by atoms with van der Waals surface area (Å²) in [6, 6.07) is 10.7. The van der Waals surface area contributed by atoms with Crippen LogP contribution < -0.4 is 14.4 Å². The van der Waals surface area contributed by atoms with E-state index in [2.05, 4.69) is 4.98 Å². The molecule has 2 atom stereocenters. The third-order valence-electron chi connectivity index (χ3n) is 7.18. The van der Waals surface area contributed by atoms with E-state index < -0.39 is 23.6 Å². The maximum absolute atomic E-state index is 14.3. The molecule has 3 aromatic rings. The zero-order valence-corrected chi connectivity index (χ0v) is 26.0. The fourth-order valence-electron chi connectivity index (χ4n) is 4.91. The number of carbonyl (C=O) groups is 2. The van der Waals surface area contributed by atoms with Crippen LogP contribution in [0.4, 0.5) is 5.69 Å². The van der Waals surface area contributed by atoms with E-state index >= 15 is 0 Å². The first-order valence-corrected chi connectivity index (χ1v) is 14.7. The number of rotatable bonds is 13. The number of anilines is 1. The molecule has 0 fully saturated rings. The molecule has 0 unspecified atom stereocenters. The van der Waals surface area contributed by atoms with Gasteiger partial charge < -0.3 is 33.4 Å². The molecule has 2 heterocycles. The molecule has 0 aliphatic carbocycles.